The molecule has 1 amide bonds. The third-order valence-corrected chi connectivity index (χ3v) is 3.59. The summed E-state index contributed by atoms with van der Waals surface area (Å²) in [7, 11) is 3.64. The lowest BCUT2D eigenvalue weighted by molar-refractivity contribution is 0.101. The lowest BCUT2D eigenvalue weighted by Gasteiger charge is -2.06. The van der Waals surface area contributed by atoms with Crippen LogP contribution in [0.15, 0.2) is 36.7 Å². The second-order valence-electron chi connectivity index (χ2n) is 4.58. The standard InChI is InChI=1S/C14H13ClN4O/c1-18-7-6-16-14(18)17-13(20)11-8-9-4-3-5-10(15)12(9)19(11)2/h3-8H,1-2H3,(H,16,17,20). The maximum atomic E-state index is 12.3. The van der Waals surface area contributed by atoms with Crippen LogP contribution in [0.5, 0.6) is 0 Å². The van der Waals surface area contributed by atoms with Crippen molar-refractivity contribution < 1.29 is 4.79 Å². The monoisotopic (exact) mass is 288 g/mol. The maximum absolute atomic E-state index is 12.3. The highest BCUT2D eigenvalue weighted by Gasteiger charge is 2.16. The number of fused-ring (bicyclic) bond motifs is 1. The molecule has 2 aromatic heterocycles. The number of amides is 1. The van der Waals surface area contributed by atoms with Crippen molar-refractivity contribution in [2.24, 2.45) is 14.1 Å². The Balaban J connectivity index is 2.02. The van der Waals surface area contributed by atoms with Crippen molar-refractivity contribution in [3.63, 3.8) is 0 Å². The van der Waals surface area contributed by atoms with Crippen molar-refractivity contribution in [3.05, 3.63) is 47.4 Å². The maximum Gasteiger partial charge on any atom is 0.274 e. The average molecular weight is 289 g/mol. The summed E-state index contributed by atoms with van der Waals surface area (Å²) in [5.41, 5.74) is 1.38. The fourth-order valence-electron chi connectivity index (χ4n) is 2.24. The van der Waals surface area contributed by atoms with Gasteiger partial charge in [0.2, 0.25) is 5.95 Å². The van der Waals surface area contributed by atoms with E-state index in [-0.39, 0.29) is 5.91 Å². The van der Waals surface area contributed by atoms with E-state index in [1.54, 1.807) is 21.5 Å². The molecule has 0 atom stereocenters. The largest absolute Gasteiger partial charge is 0.338 e. The number of hydrogen-bond donors (Lipinski definition) is 1. The molecular weight excluding hydrogens is 276 g/mol. The van der Waals surface area contributed by atoms with Crippen LogP contribution in [-0.2, 0) is 14.1 Å². The minimum Gasteiger partial charge on any atom is -0.338 e. The number of carbonyl (C=O) groups excluding carboxylic acids is 1. The molecule has 0 aliphatic heterocycles. The molecule has 0 aliphatic carbocycles. The van der Waals surface area contributed by atoms with Crippen LogP contribution in [0.3, 0.4) is 0 Å². The number of carbonyl (C=O) groups is 1. The highest BCUT2D eigenvalue weighted by Crippen LogP contribution is 2.26. The van der Waals surface area contributed by atoms with E-state index in [0.29, 0.717) is 16.7 Å². The minimum atomic E-state index is -0.214. The molecule has 0 radical (unpaired) electrons. The molecule has 0 saturated carbocycles. The van der Waals surface area contributed by atoms with E-state index < -0.39 is 0 Å². The van der Waals surface area contributed by atoms with Gasteiger partial charge < -0.3 is 9.13 Å². The Morgan fingerprint density at radius 3 is 2.80 bits per heavy atom. The summed E-state index contributed by atoms with van der Waals surface area (Å²) in [5, 5.41) is 4.34. The average Bonchev–Trinajstić information content (AvgIpc) is 2.95. The van der Waals surface area contributed by atoms with Crippen molar-refractivity contribution in [2.75, 3.05) is 5.32 Å². The van der Waals surface area contributed by atoms with E-state index in [9.17, 15) is 4.79 Å². The number of aryl methyl sites for hydroxylation is 2. The van der Waals surface area contributed by atoms with Crippen molar-refractivity contribution in [1.82, 2.24) is 14.1 Å². The van der Waals surface area contributed by atoms with E-state index in [1.165, 1.54) is 0 Å². The Labute approximate surface area is 120 Å². The number of imidazole rings is 1. The molecule has 20 heavy (non-hydrogen) atoms. The zero-order valence-electron chi connectivity index (χ0n) is 11.1. The van der Waals surface area contributed by atoms with Crippen LogP contribution in [0.4, 0.5) is 5.95 Å². The smallest absolute Gasteiger partial charge is 0.274 e. The minimum absolute atomic E-state index is 0.214. The van der Waals surface area contributed by atoms with Gasteiger partial charge in [0.15, 0.2) is 0 Å². The van der Waals surface area contributed by atoms with Crippen LogP contribution in [-0.4, -0.2) is 20.0 Å². The van der Waals surface area contributed by atoms with Crippen LogP contribution in [0.2, 0.25) is 5.02 Å². The van der Waals surface area contributed by atoms with Gasteiger partial charge in [-0.1, -0.05) is 23.7 Å². The summed E-state index contributed by atoms with van der Waals surface area (Å²) in [6, 6.07) is 7.42. The van der Waals surface area contributed by atoms with Crippen molar-refractivity contribution >= 4 is 34.4 Å². The van der Waals surface area contributed by atoms with Crippen LogP contribution >= 0.6 is 11.6 Å². The molecule has 5 nitrogen and oxygen atoms in total. The number of nitrogens with one attached hydrogen (secondary N) is 1. The van der Waals surface area contributed by atoms with Crippen LogP contribution < -0.4 is 5.32 Å². The molecule has 1 aromatic carbocycles. The highest BCUT2D eigenvalue weighted by molar-refractivity contribution is 6.35. The summed E-state index contributed by atoms with van der Waals surface area (Å²) in [4.78, 5) is 16.4. The highest BCUT2D eigenvalue weighted by atomic mass is 35.5. The predicted molar refractivity (Wildman–Crippen MR) is 79.1 cm³/mol. The Morgan fingerprint density at radius 2 is 2.15 bits per heavy atom. The van der Waals surface area contributed by atoms with E-state index >= 15 is 0 Å². The third-order valence-electron chi connectivity index (χ3n) is 3.29. The topological polar surface area (TPSA) is 51.9 Å². The summed E-state index contributed by atoms with van der Waals surface area (Å²) < 4.78 is 3.53. The zero-order valence-corrected chi connectivity index (χ0v) is 11.8. The first-order valence-corrected chi connectivity index (χ1v) is 6.48. The number of halogens is 1. The van der Waals surface area contributed by atoms with Crippen molar-refractivity contribution in [1.29, 1.82) is 0 Å². The van der Waals surface area contributed by atoms with Crippen molar-refractivity contribution in [3.8, 4) is 0 Å². The lowest BCUT2D eigenvalue weighted by Crippen LogP contribution is -2.17. The van der Waals surface area contributed by atoms with E-state index in [1.807, 2.05) is 38.4 Å². The van der Waals surface area contributed by atoms with Gasteiger partial charge in [0.1, 0.15) is 5.69 Å². The van der Waals surface area contributed by atoms with E-state index in [2.05, 4.69) is 10.3 Å². The van der Waals surface area contributed by atoms with Gasteiger partial charge in [0.25, 0.3) is 5.91 Å². The van der Waals surface area contributed by atoms with E-state index in [0.717, 1.165) is 10.9 Å². The Hall–Kier alpha value is -2.27. The molecule has 0 spiro atoms. The summed E-state index contributed by atoms with van der Waals surface area (Å²) in [6.45, 7) is 0. The van der Waals surface area contributed by atoms with Crippen LogP contribution in [0.25, 0.3) is 10.9 Å². The Bertz CT molecular complexity index is 803. The van der Waals surface area contributed by atoms with Gasteiger partial charge in [-0.2, -0.15) is 0 Å². The molecule has 2 heterocycles. The molecule has 3 rings (SSSR count). The summed E-state index contributed by atoms with van der Waals surface area (Å²) in [5.74, 6) is 0.292. The lowest BCUT2D eigenvalue weighted by atomic mass is 10.2. The third kappa shape index (κ3) is 1.96. The molecule has 1 N–H and O–H groups in total. The van der Waals surface area contributed by atoms with Gasteiger partial charge in [-0.25, -0.2) is 4.98 Å². The number of anilines is 1. The molecular formula is C14H13ClN4O. The number of hydrogen-bond acceptors (Lipinski definition) is 2. The first-order chi connectivity index (χ1) is 9.58. The van der Waals surface area contributed by atoms with Crippen LogP contribution in [0, 0.1) is 0 Å². The van der Waals surface area contributed by atoms with Gasteiger partial charge in [-0.3, -0.25) is 10.1 Å². The molecule has 102 valence electrons. The van der Waals surface area contributed by atoms with Crippen molar-refractivity contribution in [2.45, 2.75) is 0 Å². The first kappa shape index (κ1) is 12.7. The molecule has 0 bridgehead atoms. The molecule has 6 heteroatoms. The molecule has 3 aromatic rings. The Kier molecular flexibility index (Phi) is 2.99. The fourth-order valence-corrected chi connectivity index (χ4v) is 2.55. The summed E-state index contributed by atoms with van der Waals surface area (Å²) >= 11 is 6.18. The Morgan fingerprint density at radius 1 is 1.35 bits per heavy atom. The van der Waals surface area contributed by atoms with Crippen LogP contribution in [0.1, 0.15) is 10.5 Å². The summed E-state index contributed by atoms with van der Waals surface area (Å²) in [6.07, 6.45) is 3.40. The first-order valence-electron chi connectivity index (χ1n) is 6.10. The zero-order chi connectivity index (χ0) is 14.3. The SMILES string of the molecule is Cn1ccnc1NC(=O)c1cc2cccc(Cl)c2n1C. The normalized spacial score (nSPS) is 10.9. The van der Waals surface area contributed by atoms with Gasteiger partial charge in [0.05, 0.1) is 10.5 Å². The molecule has 0 unspecified atom stereocenters. The second kappa shape index (κ2) is 4.68. The predicted octanol–water partition coefficient (Wildman–Crippen LogP) is 2.82. The molecule has 0 fully saturated rings. The molecule has 0 aliphatic rings. The quantitative estimate of drug-likeness (QED) is 0.788. The number of para-hydroxylation sites is 1. The fraction of sp³-hybridized carbons (Fsp3) is 0.143. The van der Waals surface area contributed by atoms with E-state index in [4.69, 9.17) is 11.6 Å². The molecule has 0 saturated heterocycles. The number of aromatic nitrogens is 3. The van der Waals surface area contributed by atoms with Gasteiger partial charge in [-0.05, 0) is 12.1 Å². The van der Waals surface area contributed by atoms with Gasteiger partial charge >= 0.3 is 0 Å². The van der Waals surface area contributed by atoms with Gasteiger partial charge in [-0.15, -0.1) is 0 Å². The number of benzene rings is 1. The van der Waals surface area contributed by atoms with Gasteiger partial charge in [0, 0.05) is 31.9 Å². The number of nitrogens with zero attached hydrogens (tertiary/aromatic N) is 3. The second-order valence-corrected chi connectivity index (χ2v) is 4.99. The number of rotatable bonds is 2.